The van der Waals surface area contributed by atoms with Crippen molar-refractivity contribution in [3.8, 4) is 0 Å². The van der Waals surface area contributed by atoms with Gasteiger partial charge in [0, 0.05) is 0 Å². The van der Waals surface area contributed by atoms with Crippen LogP contribution in [0.15, 0.2) is 84.9 Å². The van der Waals surface area contributed by atoms with Gasteiger partial charge in [0.1, 0.15) is 5.92 Å². The lowest BCUT2D eigenvalue weighted by molar-refractivity contribution is -0.143. The first kappa shape index (κ1) is 19.5. The first-order chi connectivity index (χ1) is 15.2. The van der Waals surface area contributed by atoms with Gasteiger partial charge in [0.05, 0.1) is 18.3 Å². The maximum atomic E-state index is 13.5. The molecule has 3 aromatic carbocycles. The normalized spacial score (nSPS) is 22.8. The fourth-order valence-electron chi connectivity index (χ4n) is 4.48. The molecular formula is C26H24N2O3. The Hall–Kier alpha value is -3.44. The summed E-state index contributed by atoms with van der Waals surface area (Å²) < 4.78 is 0. The summed E-state index contributed by atoms with van der Waals surface area (Å²) in [6.45, 7) is 2.38. The molecule has 3 aromatic rings. The van der Waals surface area contributed by atoms with Crippen molar-refractivity contribution in [1.82, 2.24) is 4.90 Å². The zero-order valence-electron chi connectivity index (χ0n) is 17.3. The molecule has 2 aliphatic heterocycles. The highest BCUT2D eigenvalue weighted by Gasteiger charge is 2.59. The van der Waals surface area contributed by atoms with Crippen LogP contribution in [0.2, 0.25) is 0 Å². The third-order valence-corrected chi connectivity index (χ3v) is 6.13. The topological polar surface area (TPSA) is 49.9 Å². The smallest absolute Gasteiger partial charge is 0.262 e. The van der Waals surface area contributed by atoms with Gasteiger partial charge in [0.2, 0.25) is 5.91 Å². The lowest BCUT2D eigenvalue weighted by Gasteiger charge is -2.29. The van der Waals surface area contributed by atoms with Crippen LogP contribution in [0.3, 0.4) is 0 Å². The standard InChI is InChI=1S/C26H24N2O3/c1-2-18-13-15-20(16-14-18)23-22-24(31-28(23)21-11-7-4-8-12-21)26(30)27(25(22)29)17-19-9-5-3-6-10-19/h3-16,22-24H,2,17H2,1H3/t22-,23+,24-/m0/s1. The Kier molecular flexibility index (Phi) is 5.04. The second-order valence-corrected chi connectivity index (χ2v) is 8.00. The summed E-state index contributed by atoms with van der Waals surface area (Å²) in [4.78, 5) is 34.2. The Balaban J connectivity index is 1.52. The summed E-state index contributed by atoms with van der Waals surface area (Å²) in [6, 6.07) is 27.1. The fourth-order valence-corrected chi connectivity index (χ4v) is 4.48. The number of carbonyl (C=O) groups excluding carboxylic acids is 2. The van der Waals surface area contributed by atoms with Crippen LogP contribution in [-0.2, 0) is 27.4 Å². The van der Waals surface area contributed by atoms with Gasteiger partial charge in [-0.15, -0.1) is 0 Å². The van der Waals surface area contributed by atoms with Crippen molar-refractivity contribution in [3.05, 3.63) is 102 Å². The quantitative estimate of drug-likeness (QED) is 0.587. The van der Waals surface area contributed by atoms with E-state index in [1.54, 1.807) is 5.06 Å². The molecule has 2 aliphatic rings. The van der Waals surface area contributed by atoms with E-state index in [1.165, 1.54) is 10.5 Å². The van der Waals surface area contributed by atoms with Crippen LogP contribution in [-0.4, -0.2) is 22.8 Å². The third kappa shape index (κ3) is 3.41. The van der Waals surface area contributed by atoms with Gasteiger partial charge in [-0.05, 0) is 35.2 Å². The molecule has 2 fully saturated rings. The van der Waals surface area contributed by atoms with Gasteiger partial charge in [-0.2, -0.15) is 0 Å². The first-order valence-electron chi connectivity index (χ1n) is 10.7. The summed E-state index contributed by atoms with van der Waals surface area (Å²) in [5, 5.41) is 1.74. The molecule has 0 saturated carbocycles. The lowest BCUT2D eigenvalue weighted by atomic mass is 9.90. The van der Waals surface area contributed by atoms with Crippen molar-refractivity contribution in [2.24, 2.45) is 5.92 Å². The molecule has 0 N–H and O–H groups in total. The minimum Gasteiger partial charge on any atom is -0.275 e. The van der Waals surface area contributed by atoms with Crippen molar-refractivity contribution in [2.45, 2.75) is 32.0 Å². The van der Waals surface area contributed by atoms with E-state index in [0.29, 0.717) is 0 Å². The van der Waals surface area contributed by atoms with E-state index in [9.17, 15) is 9.59 Å². The minimum atomic E-state index is -0.813. The van der Waals surface area contributed by atoms with E-state index >= 15 is 0 Å². The molecule has 31 heavy (non-hydrogen) atoms. The number of para-hydroxylation sites is 1. The van der Waals surface area contributed by atoms with Crippen LogP contribution in [0, 0.1) is 5.92 Å². The monoisotopic (exact) mass is 412 g/mol. The van der Waals surface area contributed by atoms with Crippen LogP contribution in [0.1, 0.15) is 29.7 Å². The molecule has 3 atom stereocenters. The third-order valence-electron chi connectivity index (χ3n) is 6.13. The number of carbonyl (C=O) groups is 2. The van der Waals surface area contributed by atoms with Crippen LogP contribution in [0.5, 0.6) is 0 Å². The number of benzene rings is 3. The number of hydrogen-bond acceptors (Lipinski definition) is 4. The largest absolute Gasteiger partial charge is 0.275 e. The zero-order valence-corrected chi connectivity index (χ0v) is 17.3. The van der Waals surface area contributed by atoms with E-state index in [2.05, 4.69) is 19.1 Å². The van der Waals surface area contributed by atoms with Crippen LogP contribution < -0.4 is 5.06 Å². The summed E-state index contributed by atoms with van der Waals surface area (Å²) >= 11 is 0. The maximum absolute atomic E-state index is 13.5. The minimum absolute atomic E-state index is 0.179. The predicted octanol–water partition coefficient (Wildman–Crippen LogP) is 4.30. The van der Waals surface area contributed by atoms with Crippen LogP contribution in [0.4, 0.5) is 5.69 Å². The van der Waals surface area contributed by atoms with Gasteiger partial charge in [0.25, 0.3) is 5.91 Å². The number of nitrogens with zero attached hydrogens (tertiary/aromatic N) is 2. The number of likely N-dealkylation sites (tertiary alicyclic amines) is 1. The summed E-state index contributed by atoms with van der Waals surface area (Å²) in [6.07, 6.45) is 0.130. The second-order valence-electron chi connectivity index (χ2n) is 8.00. The molecule has 0 aliphatic carbocycles. The van der Waals surface area contributed by atoms with Gasteiger partial charge in [-0.3, -0.25) is 19.3 Å². The molecule has 0 radical (unpaired) electrons. The van der Waals surface area contributed by atoms with Crippen molar-refractivity contribution < 1.29 is 14.4 Å². The SMILES string of the molecule is CCc1ccc([C@@H]2[C@@H]3C(=O)N(Cc4ccccc4)C(=O)[C@H]3ON2c2ccccc2)cc1. The van der Waals surface area contributed by atoms with Crippen LogP contribution >= 0.6 is 0 Å². The van der Waals surface area contributed by atoms with Crippen molar-refractivity contribution in [3.63, 3.8) is 0 Å². The Bertz CT molecular complexity index is 1080. The Labute approximate surface area is 181 Å². The molecule has 5 heteroatoms. The maximum Gasteiger partial charge on any atom is 0.262 e. The number of imide groups is 1. The molecule has 2 amide bonds. The van der Waals surface area contributed by atoms with E-state index in [0.717, 1.165) is 23.2 Å². The van der Waals surface area contributed by atoms with Gasteiger partial charge in [-0.1, -0.05) is 79.7 Å². The Morgan fingerprint density at radius 2 is 1.42 bits per heavy atom. The number of amides is 2. The van der Waals surface area contributed by atoms with Crippen LogP contribution in [0.25, 0.3) is 0 Å². The number of rotatable bonds is 5. The van der Waals surface area contributed by atoms with Gasteiger partial charge >= 0.3 is 0 Å². The number of hydroxylamine groups is 1. The number of hydrogen-bond donors (Lipinski definition) is 0. The van der Waals surface area contributed by atoms with Crippen molar-refractivity contribution in [2.75, 3.05) is 5.06 Å². The second kappa shape index (κ2) is 8.00. The first-order valence-corrected chi connectivity index (χ1v) is 10.7. The molecular weight excluding hydrogens is 388 g/mol. The van der Waals surface area contributed by atoms with Gasteiger partial charge < -0.3 is 0 Å². The summed E-state index contributed by atoms with van der Waals surface area (Å²) in [5.41, 5.74) is 3.95. The van der Waals surface area contributed by atoms with Gasteiger partial charge in [0.15, 0.2) is 6.10 Å². The molecule has 0 bridgehead atoms. The highest BCUT2D eigenvalue weighted by Crippen LogP contribution is 2.46. The predicted molar refractivity (Wildman–Crippen MR) is 118 cm³/mol. The number of aryl methyl sites for hydroxylation is 1. The highest BCUT2D eigenvalue weighted by molar-refractivity contribution is 6.07. The molecule has 5 nitrogen and oxygen atoms in total. The number of fused-ring (bicyclic) bond motifs is 1. The van der Waals surface area contributed by atoms with E-state index in [4.69, 9.17) is 4.84 Å². The van der Waals surface area contributed by atoms with E-state index in [-0.39, 0.29) is 24.4 Å². The Morgan fingerprint density at radius 1 is 0.774 bits per heavy atom. The van der Waals surface area contributed by atoms with E-state index < -0.39 is 12.0 Å². The summed E-state index contributed by atoms with van der Waals surface area (Å²) in [5.74, 6) is -1.03. The zero-order chi connectivity index (χ0) is 21.4. The number of anilines is 1. The average molecular weight is 412 g/mol. The molecule has 2 heterocycles. The highest BCUT2D eigenvalue weighted by atomic mass is 16.7. The average Bonchev–Trinajstić information content (AvgIpc) is 3.32. The van der Waals surface area contributed by atoms with E-state index in [1.807, 2.05) is 72.8 Å². The molecule has 0 unspecified atom stereocenters. The van der Waals surface area contributed by atoms with Gasteiger partial charge in [-0.25, -0.2) is 5.06 Å². The lowest BCUT2D eigenvalue weighted by Crippen LogP contribution is -2.36. The fraction of sp³-hybridized carbons (Fsp3) is 0.231. The molecule has 2 saturated heterocycles. The van der Waals surface area contributed by atoms with Crippen molar-refractivity contribution >= 4 is 17.5 Å². The Morgan fingerprint density at radius 3 is 2.06 bits per heavy atom. The molecule has 5 rings (SSSR count). The summed E-state index contributed by atoms with van der Waals surface area (Å²) in [7, 11) is 0. The molecule has 156 valence electrons. The molecule has 0 aromatic heterocycles. The van der Waals surface area contributed by atoms with Crippen molar-refractivity contribution in [1.29, 1.82) is 0 Å². The molecule has 0 spiro atoms.